The van der Waals surface area contributed by atoms with E-state index in [4.69, 9.17) is 15.5 Å². The van der Waals surface area contributed by atoms with Gasteiger partial charge in [0.15, 0.2) is 5.82 Å². The van der Waals surface area contributed by atoms with Crippen molar-refractivity contribution in [3.05, 3.63) is 42.6 Å². The Bertz CT molecular complexity index is 777. The number of hydrogen-bond acceptors (Lipinski definition) is 6. The SMILES string of the molecule is NC[C@H]1CC[C@@H](C(=O)N2CCN(c3ccnc(-c4ccccc4)n3)CC2)O1. The van der Waals surface area contributed by atoms with Gasteiger partial charge in [-0.05, 0) is 18.9 Å². The zero-order valence-electron chi connectivity index (χ0n) is 15.3. The summed E-state index contributed by atoms with van der Waals surface area (Å²) in [5.74, 6) is 1.72. The van der Waals surface area contributed by atoms with Crippen molar-refractivity contribution in [2.45, 2.75) is 25.0 Å². The minimum absolute atomic E-state index is 0.0256. The van der Waals surface area contributed by atoms with E-state index in [0.29, 0.717) is 19.6 Å². The second-order valence-electron chi connectivity index (χ2n) is 6.98. The van der Waals surface area contributed by atoms with Crippen LogP contribution in [0.1, 0.15) is 12.8 Å². The highest BCUT2D eigenvalue weighted by molar-refractivity contribution is 5.81. The van der Waals surface area contributed by atoms with Gasteiger partial charge in [-0.2, -0.15) is 0 Å². The lowest BCUT2D eigenvalue weighted by atomic mass is 10.1. The third kappa shape index (κ3) is 3.94. The first-order chi connectivity index (χ1) is 13.2. The van der Waals surface area contributed by atoms with Crippen LogP contribution in [-0.4, -0.2) is 65.7 Å². The highest BCUT2D eigenvalue weighted by atomic mass is 16.5. The largest absolute Gasteiger partial charge is 0.364 e. The average molecular weight is 367 g/mol. The maximum atomic E-state index is 12.7. The van der Waals surface area contributed by atoms with Gasteiger partial charge in [0.2, 0.25) is 0 Å². The van der Waals surface area contributed by atoms with Gasteiger partial charge in [0.1, 0.15) is 11.9 Å². The monoisotopic (exact) mass is 367 g/mol. The molecule has 0 radical (unpaired) electrons. The van der Waals surface area contributed by atoms with Gasteiger partial charge >= 0.3 is 0 Å². The lowest BCUT2D eigenvalue weighted by Crippen LogP contribution is -2.51. The molecule has 27 heavy (non-hydrogen) atoms. The van der Waals surface area contributed by atoms with Gasteiger partial charge in [-0.25, -0.2) is 9.97 Å². The topological polar surface area (TPSA) is 84.6 Å². The number of hydrogen-bond donors (Lipinski definition) is 1. The number of piperazine rings is 1. The molecule has 2 aliphatic rings. The molecule has 2 saturated heterocycles. The van der Waals surface area contributed by atoms with Gasteiger partial charge < -0.3 is 20.3 Å². The minimum Gasteiger partial charge on any atom is -0.364 e. The lowest BCUT2D eigenvalue weighted by Gasteiger charge is -2.36. The average Bonchev–Trinajstić information content (AvgIpc) is 3.23. The van der Waals surface area contributed by atoms with Gasteiger partial charge in [-0.3, -0.25) is 4.79 Å². The zero-order valence-corrected chi connectivity index (χ0v) is 15.3. The number of amides is 1. The van der Waals surface area contributed by atoms with Crippen molar-refractivity contribution < 1.29 is 9.53 Å². The zero-order chi connectivity index (χ0) is 18.6. The Morgan fingerprint density at radius 1 is 1.11 bits per heavy atom. The third-order valence-electron chi connectivity index (χ3n) is 5.23. The second-order valence-corrected chi connectivity index (χ2v) is 6.98. The number of nitrogens with two attached hydrogens (primary N) is 1. The van der Waals surface area contributed by atoms with E-state index in [1.54, 1.807) is 6.20 Å². The highest BCUT2D eigenvalue weighted by Crippen LogP contribution is 2.23. The van der Waals surface area contributed by atoms with Crippen LogP contribution in [0.15, 0.2) is 42.6 Å². The molecule has 1 aromatic heterocycles. The van der Waals surface area contributed by atoms with Crippen LogP contribution in [0.2, 0.25) is 0 Å². The van der Waals surface area contributed by atoms with Crippen LogP contribution in [0.4, 0.5) is 5.82 Å². The minimum atomic E-state index is -0.325. The summed E-state index contributed by atoms with van der Waals surface area (Å²) in [7, 11) is 0. The third-order valence-corrected chi connectivity index (χ3v) is 5.23. The molecule has 7 nitrogen and oxygen atoms in total. The Morgan fingerprint density at radius 3 is 2.59 bits per heavy atom. The Hall–Kier alpha value is -2.51. The standard InChI is InChI=1S/C20H25N5O2/c21-14-16-6-7-17(27-16)20(26)25-12-10-24(11-13-25)18-8-9-22-19(23-18)15-4-2-1-3-5-15/h1-5,8-9,16-17H,6-7,10-14,21H2/t16-,17+/m1/s1. The van der Waals surface area contributed by atoms with Crippen LogP contribution < -0.4 is 10.6 Å². The van der Waals surface area contributed by atoms with Crippen molar-refractivity contribution in [2.75, 3.05) is 37.6 Å². The van der Waals surface area contributed by atoms with E-state index >= 15 is 0 Å². The molecule has 3 heterocycles. The number of carbonyl (C=O) groups is 1. The highest BCUT2D eigenvalue weighted by Gasteiger charge is 2.34. The number of nitrogens with zero attached hydrogens (tertiary/aromatic N) is 4. The number of aromatic nitrogens is 2. The molecular weight excluding hydrogens is 342 g/mol. The molecule has 0 saturated carbocycles. The van der Waals surface area contributed by atoms with E-state index in [2.05, 4.69) is 9.88 Å². The molecule has 7 heteroatoms. The fraction of sp³-hybridized carbons (Fsp3) is 0.450. The summed E-state index contributed by atoms with van der Waals surface area (Å²) in [4.78, 5) is 25.9. The molecule has 0 unspecified atom stereocenters. The Balaban J connectivity index is 1.38. The smallest absolute Gasteiger partial charge is 0.251 e. The lowest BCUT2D eigenvalue weighted by molar-refractivity contribution is -0.143. The van der Waals surface area contributed by atoms with Crippen molar-refractivity contribution in [1.82, 2.24) is 14.9 Å². The number of rotatable bonds is 4. The van der Waals surface area contributed by atoms with Crippen LogP contribution in [0.5, 0.6) is 0 Å². The van der Waals surface area contributed by atoms with Gasteiger partial charge in [0.25, 0.3) is 5.91 Å². The Kier molecular flexibility index (Phi) is 5.31. The molecule has 0 spiro atoms. The first-order valence-corrected chi connectivity index (χ1v) is 9.52. The maximum Gasteiger partial charge on any atom is 0.251 e. The predicted molar refractivity (Wildman–Crippen MR) is 103 cm³/mol. The molecule has 2 atom stereocenters. The summed E-state index contributed by atoms with van der Waals surface area (Å²) < 4.78 is 5.75. The molecule has 4 rings (SSSR count). The predicted octanol–water partition coefficient (Wildman–Crippen LogP) is 1.30. The van der Waals surface area contributed by atoms with E-state index in [9.17, 15) is 4.79 Å². The van der Waals surface area contributed by atoms with Crippen LogP contribution in [0.25, 0.3) is 11.4 Å². The molecule has 2 fully saturated rings. The molecular formula is C20H25N5O2. The first kappa shape index (κ1) is 17.9. The number of ether oxygens (including phenoxy) is 1. The number of carbonyl (C=O) groups excluding carboxylic acids is 1. The summed E-state index contributed by atoms with van der Waals surface area (Å²) >= 11 is 0. The van der Waals surface area contributed by atoms with Crippen molar-refractivity contribution in [1.29, 1.82) is 0 Å². The van der Waals surface area contributed by atoms with Gasteiger partial charge in [-0.1, -0.05) is 30.3 Å². The summed E-state index contributed by atoms with van der Waals surface area (Å²) in [6.45, 7) is 3.34. The van der Waals surface area contributed by atoms with Gasteiger partial charge in [-0.15, -0.1) is 0 Å². The molecule has 2 aromatic rings. The van der Waals surface area contributed by atoms with Crippen LogP contribution in [0, 0.1) is 0 Å². The fourth-order valence-corrected chi connectivity index (χ4v) is 3.67. The fourth-order valence-electron chi connectivity index (χ4n) is 3.67. The molecule has 2 aliphatic heterocycles. The normalized spacial score (nSPS) is 22.9. The van der Waals surface area contributed by atoms with E-state index in [1.165, 1.54) is 0 Å². The first-order valence-electron chi connectivity index (χ1n) is 9.52. The van der Waals surface area contributed by atoms with Crippen LogP contribution in [0.3, 0.4) is 0 Å². The van der Waals surface area contributed by atoms with Crippen molar-refractivity contribution >= 4 is 11.7 Å². The molecule has 0 bridgehead atoms. The van der Waals surface area contributed by atoms with Crippen molar-refractivity contribution in [2.24, 2.45) is 5.73 Å². The summed E-state index contributed by atoms with van der Waals surface area (Å²) in [5, 5.41) is 0. The number of anilines is 1. The van der Waals surface area contributed by atoms with Crippen molar-refractivity contribution in [3.8, 4) is 11.4 Å². The molecule has 1 amide bonds. The van der Waals surface area contributed by atoms with Gasteiger partial charge in [0.05, 0.1) is 6.10 Å². The molecule has 1 aromatic carbocycles. The van der Waals surface area contributed by atoms with Crippen LogP contribution >= 0.6 is 0 Å². The van der Waals surface area contributed by atoms with E-state index in [1.807, 2.05) is 41.3 Å². The van der Waals surface area contributed by atoms with Crippen LogP contribution in [-0.2, 0) is 9.53 Å². The molecule has 2 N–H and O–H groups in total. The quantitative estimate of drug-likeness (QED) is 0.877. The van der Waals surface area contributed by atoms with Crippen molar-refractivity contribution in [3.63, 3.8) is 0 Å². The summed E-state index contributed by atoms with van der Waals surface area (Å²) in [5.41, 5.74) is 6.64. The molecule has 0 aliphatic carbocycles. The second kappa shape index (κ2) is 8.02. The van der Waals surface area contributed by atoms with E-state index < -0.39 is 0 Å². The Labute approximate surface area is 159 Å². The summed E-state index contributed by atoms with van der Waals surface area (Å²) in [6, 6.07) is 11.9. The van der Waals surface area contributed by atoms with E-state index in [-0.39, 0.29) is 18.1 Å². The summed E-state index contributed by atoms with van der Waals surface area (Å²) in [6.07, 6.45) is 3.14. The number of benzene rings is 1. The Morgan fingerprint density at radius 2 is 1.89 bits per heavy atom. The van der Waals surface area contributed by atoms with E-state index in [0.717, 1.165) is 43.1 Å². The maximum absolute atomic E-state index is 12.7. The van der Waals surface area contributed by atoms with Gasteiger partial charge in [0, 0.05) is 44.5 Å². The molecule has 142 valence electrons.